The van der Waals surface area contributed by atoms with Crippen LogP contribution in [-0.4, -0.2) is 33.8 Å². The van der Waals surface area contributed by atoms with Crippen LogP contribution in [0.2, 0.25) is 0 Å². The monoisotopic (exact) mass is 214 g/mol. The van der Waals surface area contributed by atoms with Crippen LogP contribution in [0.15, 0.2) is 9.65 Å². The number of nitriles is 1. The minimum Gasteiger partial charge on any atom is -0.465 e. The second-order valence-electron chi connectivity index (χ2n) is 2.11. The lowest BCUT2D eigenvalue weighted by Gasteiger charge is -1.97. The summed E-state index contributed by atoms with van der Waals surface area (Å²) in [5.74, 6) is 0.467. The first-order chi connectivity index (χ1) is 6.74. The number of thioether (sulfide) groups is 1. The third-order valence-electron chi connectivity index (χ3n) is 1.18. The number of rotatable bonds is 4. The molecule has 0 spiro atoms. The van der Waals surface area contributed by atoms with Crippen molar-refractivity contribution in [2.24, 2.45) is 0 Å². The zero-order valence-electron chi connectivity index (χ0n) is 6.93. The van der Waals surface area contributed by atoms with E-state index < -0.39 is 6.09 Å². The first-order valence-corrected chi connectivity index (χ1v) is 4.55. The Hall–Kier alpha value is -1.75. The van der Waals surface area contributed by atoms with Crippen LogP contribution in [0, 0.1) is 11.3 Å². The highest BCUT2D eigenvalue weighted by Crippen LogP contribution is 2.16. The molecule has 74 valence electrons. The molecule has 2 N–H and O–H groups in total. The maximum absolute atomic E-state index is 10.1. The second kappa shape index (κ2) is 5.08. The number of carbonyl (C=O) groups is 1. The van der Waals surface area contributed by atoms with Crippen molar-refractivity contribution < 1.29 is 14.5 Å². The summed E-state index contributed by atoms with van der Waals surface area (Å²) in [5, 5.41) is 26.1. The quantitative estimate of drug-likeness (QED) is 0.547. The average Bonchev–Trinajstić information content (AvgIpc) is 2.59. The minimum absolute atomic E-state index is 0.116. The van der Waals surface area contributed by atoms with E-state index >= 15 is 0 Å². The molecule has 1 amide bonds. The van der Waals surface area contributed by atoms with Crippen molar-refractivity contribution in [3.8, 4) is 6.07 Å². The van der Waals surface area contributed by atoms with Crippen molar-refractivity contribution in [2.45, 2.75) is 5.03 Å². The molecule has 8 heteroatoms. The summed E-state index contributed by atoms with van der Waals surface area (Å²) in [6.45, 7) is 0.276. The van der Waals surface area contributed by atoms with Gasteiger partial charge in [0.05, 0.1) is 0 Å². The van der Waals surface area contributed by atoms with Gasteiger partial charge in [-0.05, 0) is 10.3 Å². The van der Waals surface area contributed by atoms with Crippen molar-refractivity contribution in [1.29, 1.82) is 5.26 Å². The van der Waals surface area contributed by atoms with Gasteiger partial charge in [-0.3, -0.25) is 0 Å². The van der Waals surface area contributed by atoms with E-state index in [0.29, 0.717) is 10.8 Å². The zero-order valence-corrected chi connectivity index (χ0v) is 7.74. The van der Waals surface area contributed by atoms with Crippen LogP contribution < -0.4 is 5.32 Å². The largest absolute Gasteiger partial charge is 0.465 e. The predicted octanol–water partition coefficient (Wildman–Crippen LogP) is 0.301. The number of carboxylic acid groups (broad SMARTS) is 1. The number of hydrogen-bond acceptors (Lipinski definition) is 6. The normalized spacial score (nSPS) is 9.36. The summed E-state index contributed by atoms with van der Waals surface area (Å²) >= 11 is 1.20. The molecule has 0 aromatic carbocycles. The molecule has 0 saturated heterocycles. The predicted molar refractivity (Wildman–Crippen MR) is 45.8 cm³/mol. The van der Waals surface area contributed by atoms with Crippen LogP contribution >= 0.6 is 11.8 Å². The van der Waals surface area contributed by atoms with Crippen LogP contribution in [0.1, 0.15) is 5.69 Å². The maximum Gasteiger partial charge on any atom is 0.404 e. The molecule has 7 nitrogen and oxygen atoms in total. The van der Waals surface area contributed by atoms with E-state index in [0.717, 1.165) is 0 Å². The number of amides is 1. The zero-order chi connectivity index (χ0) is 10.4. The Morgan fingerprint density at radius 3 is 3.14 bits per heavy atom. The molecular weight excluding hydrogens is 208 g/mol. The Balaban J connectivity index is 2.32. The summed E-state index contributed by atoms with van der Waals surface area (Å²) in [6, 6.07) is 1.80. The van der Waals surface area contributed by atoms with Crippen LogP contribution in [0.4, 0.5) is 4.79 Å². The Morgan fingerprint density at radius 1 is 1.71 bits per heavy atom. The van der Waals surface area contributed by atoms with E-state index in [1.54, 1.807) is 6.07 Å². The van der Waals surface area contributed by atoms with Crippen LogP contribution in [0.25, 0.3) is 0 Å². The van der Waals surface area contributed by atoms with Crippen LogP contribution in [0.3, 0.4) is 0 Å². The molecule has 0 unspecified atom stereocenters. The fourth-order valence-electron chi connectivity index (χ4n) is 0.649. The van der Waals surface area contributed by atoms with E-state index in [1.165, 1.54) is 11.8 Å². The lowest BCUT2D eigenvalue weighted by atomic mass is 10.5. The Morgan fingerprint density at radius 2 is 2.50 bits per heavy atom. The van der Waals surface area contributed by atoms with Gasteiger partial charge in [-0.2, -0.15) is 5.26 Å². The number of nitrogens with one attached hydrogen (secondary N) is 1. The molecule has 14 heavy (non-hydrogen) atoms. The van der Waals surface area contributed by atoms with Gasteiger partial charge in [-0.25, -0.2) is 9.42 Å². The van der Waals surface area contributed by atoms with Crippen molar-refractivity contribution in [1.82, 2.24) is 15.6 Å². The fraction of sp³-hybridized carbons (Fsp3) is 0.333. The van der Waals surface area contributed by atoms with Gasteiger partial charge in [-0.15, -0.1) is 0 Å². The van der Waals surface area contributed by atoms with Crippen molar-refractivity contribution >= 4 is 17.9 Å². The number of nitrogens with zero attached hydrogens (tertiary/aromatic N) is 3. The summed E-state index contributed by atoms with van der Waals surface area (Å²) in [5.41, 5.74) is 0.116. The van der Waals surface area contributed by atoms with Gasteiger partial charge < -0.3 is 10.4 Å². The smallest absolute Gasteiger partial charge is 0.404 e. The fourth-order valence-corrected chi connectivity index (χ4v) is 1.35. The van der Waals surface area contributed by atoms with Gasteiger partial charge in [0.15, 0.2) is 5.03 Å². The minimum atomic E-state index is -1.08. The number of aromatic nitrogens is 2. The highest BCUT2D eigenvalue weighted by molar-refractivity contribution is 7.99. The second-order valence-corrected chi connectivity index (χ2v) is 3.19. The molecule has 0 aliphatic rings. The molecule has 0 atom stereocenters. The standard InChI is InChI=1S/C6H6N4O3S/c7-3-4-5(10-13-9-4)14-2-1-8-6(11)12/h8H,1-2H2,(H,11,12). The molecule has 1 aromatic rings. The third-order valence-corrected chi connectivity index (χ3v) is 2.13. The topological polar surface area (TPSA) is 112 Å². The van der Waals surface area contributed by atoms with Gasteiger partial charge in [0.25, 0.3) is 0 Å². The average molecular weight is 214 g/mol. The van der Waals surface area contributed by atoms with Gasteiger partial charge >= 0.3 is 6.09 Å². The molecule has 0 fully saturated rings. The molecule has 1 rings (SSSR count). The van der Waals surface area contributed by atoms with E-state index in [1.807, 2.05) is 0 Å². The molecule has 1 heterocycles. The summed E-state index contributed by atoms with van der Waals surface area (Å²) in [4.78, 5) is 10.1. The molecule has 0 aliphatic carbocycles. The van der Waals surface area contributed by atoms with Gasteiger partial charge in [0.2, 0.25) is 5.69 Å². The lowest BCUT2D eigenvalue weighted by molar-refractivity contribution is 0.195. The Bertz CT molecular complexity index is 358. The molecular formula is C6H6N4O3S. The summed E-state index contributed by atoms with van der Waals surface area (Å²) in [6.07, 6.45) is -1.08. The van der Waals surface area contributed by atoms with E-state index in [-0.39, 0.29) is 12.2 Å². The third kappa shape index (κ3) is 2.95. The van der Waals surface area contributed by atoms with Crippen LogP contribution in [0.5, 0.6) is 0 Å². The molecule has 0 aliphatic heterocycles. The number of hydrogen-bond donors (Lipinski definition) is 2. The lowest BCUT2D eigenvalue weighted by Crippen LogP contribution is -2.23. The van der Waals surface area contributed by atoms with Gasteiger partial charge in [0.1, 0.15) is 6.07 Å². The summed E-state index contributed by atoms with van der Waals surface area (Å²) < 4.78 is 4.33. The van der Waals surface area contributed by atoms with Crippen molar-refractivity contribution in [3.05, 3.63) is 5.69 Å². The molecule has 0 bridgehead atoms. The van der Waals surface area contributed by atoms with Gasteiger partial charge in [-0.1, -0.05) is 11.8 Å². The van der Waals surface area contributed by atoms with E-state index in [9.17, 15) is 4.79 Å². The van der Waals surface area contributed by atoms with Gasteiger partial charge in [0, 0.05) is 12.3 Å². The highest BCUT2D eigenvalue weighted by atomic mass is 32.2. The molecule has 1 aromatic heterocycles. The highest BCUT2D eigenvalue weighted by Gasteiger charge is 2.08. The summed E-state index contributed by atoms with van der Waals surface area (Å²) in [7, 11) is 0. The molecule has 0 radical (unpaired) electrons. The van der Waals surface area contributed by atoms with Crippen LogP contribution in [-0.2, 0) is 0 Å². The molecule has 0 saturated carbocycles. The first kappa shape index (κ1) is 10.3. The van der Waals surface area contributed by atoms with E-state index in [4.69, 9.17) is 10.4 Å². The SMILES string of the molecule is N#Cc1nonc1SCCNC(=O)O. The Kier molecular flexibility index (Phi) is 3.75. The maximum atomic E-state index is 10.1. The first-order valence-electron chi connectivity index (χ1n) is 3.56. The van der Waals surface area contributed by atoms with Crippen molar-refractivity contribution in [3.63, 3.8) is 0 Å². The Labute approximate surface area is 83.0 Å². The van der Waals surface area contributed by atoms with Crippen molar-refractivity contribution in [2.75, 3.05) is 12.3 Å². The van der Waals surface area contributed by atoms with E-state index in [2.05, 4.69) is 20.3 Å².